The lowest BCUT2D eigenvalue weighted by Crippen LogP contribution is -2.42. The molecule has 0 radical (unpaired) electrons. The molecular weight excluding hydrogens is 239 g/mol. The molecule has 5 nitrogen and oxygen atoms in total. The summed E-state index contributed by atoms with van der Waals surface area (Å²) < 4.78 is 13.0. The number of anilines is 1. The van der Waals surface area contributed by atoms with Gasteiger partial charge in [0, 0.05) is 12.7 Å². The summed E-state index contributed by atoms with van der Waals surface area (Å²) in [5.74, 6) is -1.46. The predicted octanol–water partition coefficient (Wildman–Crippen LogP) is 2.07. The molecule has 0 fully saturated rings. The number of carboxylic acid groups (broad SMARTS) is 1. The van der Waals surface area contributed by atoms with E-state index in [1.54, 1.807) is 6.92 Å². The molecular formula is C12H15FN2O3. The van der Waals surface area contributed by atoms with Gasteiger partial charge in [0.15, 0.2) is 0 Å². The van der Waals surface area contributed by atoms with Crippen LogP contribution in [0.4, 0.5) is 14.9 Å². The first-order chi connectivity index (χ1) is 8.32. The highest BCUT2D eigenvalue weighted by molar-refractivity contribution is 5.92. The molecule has 1 atom stereocenters. The lowest BCUT2D eigenvalue weighted by molar-refractivity contribution is -0.141. The molecule has 1 aromatic rings. The van der Waals surface area contributed by atoms with E-state index in [4.69, 9.17) is 5.11 Å². The molecule has 18 heavy (non-hydrogen) atoms. The molecule has 0 saturated carbocycles. The lowest BCUT2D eigenvalue weighted by Gasteiger charge is -2.21. The van der Waals surface area contributed by atoms with Gasteiger partial charge in [-0.15, -0.1) is 0 Å². The maximum Gasteiger partial charge on any atom is 0.326 e. The van der Waals surface area contributed by atoms with Crippen molar-refractivity contribution in [2.24, 2.45) is 0 Å². The summed E-state index contributed by atoms with van der Waals surface area (Å²) >= 11 is 0. The number of hydrogen-bond donors (Lipinski definition) is 2. The number of hydrogen-bond acceptors (Lipinski definition) is 2. The van der Waals surface area contributed by atoms with E-state index in [1.807, 2.05) is 0 Å². The molecule has 0 heterocycles. The Labute approximate surface area is 104 Å². The Bertz CT molecular complexity index is 476. The Morgan fingerprint density at radius 1 is 1.44 bits per heavy atom. The fourth-order valence-electron chi connectivity index (χ4n) is 1.28. The zero-order valence-corrected chi connectivity index (χ0v) is 10.4. The standard InChI is InChI=1S/C12H15FN2O3/c1-7-6-9(4-5-10(7)13)14-12(18)15(3)8(2)11(16)17/h4-6,8H,1-3H3,(H,14,18)(H,16,17). The van der Waals surface area contributed by atoms with Gasteiger partial charge in [-0.1, -0.05) is 0 Å². The molecule has 98 valence electrons. The quantitative estimate of drug-likeness (QED) is 0.867. The van der Waals surface area contributed by atoms with Gasteiger partial charge in [0.25, 0.3) is 0 Å². The number of likely N-dealkylation sites (N-methyl/N-ethyl adjacent to an activating group) is 1. The lowest BCUT2D eigenvalue weighted by atomic mass is 10.2. The Morgan fingerprint density at radius 3 is 2.56 bits per heavy atom. The van der Waals surface area contributed by atoms with Crippen LogP contribution in [-0.2, 0) is 4.79 Å². The largest absolute Gasteiger partial charge is 0.480 e. The van der Waals surface area contributed by atoms with E-state index < -0.39 is 18.0 Å². The summed E-state index contributed by atoms with van der Waals surface area (Å²) in [5.41, 5.74) is 0.824. The smallest absolute Gasteiger partial charge is 0.326 e. The van der Waals surface area contributed by atoms with Gasteiger partial charge < -0.3 is 15.3 Å². The highest BCUT2D eigenvalue weighted by Gasteiger charge is 2.21. The molecule has 6 heteroatoms. The fraction of sp³-hybridized carbons (Fsp3) is 0.333. The Morgan fingerprint density at radius 2 is 2.06 bits per heavy atom. The number of nitrogens with zero attached hydrogens (tertiary/aromatic N) is 1. The molecule has 0 aliphatic heterocycles. The minimum atomic E-state index is -1.09. The van der Waals surface area contributed by atoms with Crippen molar-refractivity contribution in [3.63, 3.8) is 0 Å². The van der Waals surface area contributed by atoms with E-state index in [-0.39, 0.29) is 5.82 Å². The van der Waals surface area contributed by atoms with Gasteiger partial charge >= 0.3 is 12.0 Å². The van der Waals surface area contributed by atoms with Crippen molar-refractivity contribution in [3.05, 3.63) is 29.6 Å². The van der Waals surface area contributed by atoms with Crippen LogP contribution in [0, 0.1) is 12.7 Å². The average Bonchev–Trinajstić information content (AvgIpc) is 2.31. The Kier molecular flexibility index (Phi) is 4.25. The van der Waals surface area contributed by atoms with Crippen LogP contribution in [0.1, 0.15) is 12.5 Å². The first-order valence-corrected chi connectivity index (χ1v) is 5.35. The number of rotatable bonds is 3. The van der Waals surface area contributed by atoms with Crippen LogP contribution in [0.25, 0.3) is 0 Å². The molecule has 0 aliphatic rings. The summed E-state index contributed by atoms with van der Waals surface area (Å²) in [7, 11) is 1.38. The summed E-state index contributed by atoms with van der Waals surface area (Å²) in [6, 6.07) is 2.64. The highest BCUT2D eigenvalue weighted by Crippen LogP contribution is 2.14. The second-order valence-electron chi connectivity index (χ2n) is 4.02. The van der Waals surface area contributed by atoms with E-state index in [2.05, 4.69) is 5.32 Å². The first kappa shape index (κ1) is 14.0. The Balaban J connectivity index is 2.75. The van der Waals surface area contributed by atoms with Crippen LogP contribution in [0.3, 0.4) is 0 Å². The van der Waals surface area contributed by atoms with Gasteiger partial charge in [0.05, 0.1) is 0 Å². The van der Waals surface area contributed by atoms with Gasteiger partial charge in [0.2, 0.25) is 0 Å². The molecule has 1 unspecified atom stereocenters. The van der Waals surface area contributed by atoms with Gasteiger partial charge in [-0.25, -0.2) is 14.0 Å². The first-order valence-electron chi connectivity index (χ1n) is 5.35. The molecule has 1 rings (SSSR count). The van der Waals surface area contributed by atoms with Crippen LogP contribution in [0.2, 0.25) is 0 Å². The molecule has 2 N–H and O–H groups in total. The Hall–Kier alpha value is -2.11. The van der Waals surface area contributed by atoms with Gasteiger partial charge in [0.1, 0.15) is 11.9 Å². The number of carbonyl (C=O) groups excluding carboxylic acids is 1. The van der Waals surface area contributed by atoms with Crippen LogP contribution in [0.5, 0.6) is 0 Å². The second kappa shape index (κ2) is 5.48. The fourth-order valence-corrected chi connectivity index (χ4v) is 1.28. The van der Waals surface area contributed by atoms with Crippen molar-refractivity contribution in [3.8, 4) is 0 Å². The summed E-state index contributed by atoms with van der Waals surface area (Å²) in [6.07, 6.45) is 0. The zero-order valence-electron chi connectivity index (χ0n) is 10.4. The van der Waals surface area contributed by atoms with E-state index in [9.17, 15) is 14.0 Å². The van der Waals surface area contributed by atoms with Crippen molar-refractivity contribution in [2.75, 3.05) is 12.4 Å². The van der Waals surface area contributed by atoms with E-state index in [0.717, 1.165) is 4.90 Å². The minimum absolute atomic E-state index is 0.361. The van der Waals surface area contributed by atoms with Crippen LogP contribution in [0.15, 0.2) is 18.2 Å². The highest BCUT2D eigenvalue weighted by atomic mass is 19.1. The molecule has 0 aromatic heterocycles. The maximum absolute atomic E-state index is 13.0. The predicted molar refractivity (Wildman–Crippen MR) is 65.0 cm³/mol. The number of halogens is 1. The monoisotopic (exact) mass is 254 g/mol. The van der Waals surface area contributed by atoms with Crippen LogP contribution >= 0.6 is 0 Å². The van der Waals surface area contributed by atoms with Crippen molar-refractivity contribution < 1.29 is 19.1 Å². The van der Waals surface area contributed by atoms with E-state index in [0.29, 0.717) is 11.3 Å². The minimum Gasteiger partial charge on any atom is -0.480 e. The molecule has 1 aromatic carbocycles. The van der Waals surface area contributed by atoms with E-state index in [1.165, 1.54) is 32.2 Å². The topological polar surface area (TPSA) is 69.6 Å². The summed E-state index contributed by atoms with van der Waals surface area (Å²) in [4.78, 5) is 23.5. The van der Waals surface area contributed by atoms with Crippen molar-refractivity contribution >= 4 is 17.7 Å². The number of urea groups is 1. The van der Waals surface area contributed by atoms with Gasteiger partial charge in [-0.2, -0.15) is 0 Å². The number of carbonyl (C=O) groups is 2. The van der Waals surface area contributed by atoms with Crippen molar-refractivity contribution in [1.29, 1.82) is 0 Å². The number of aliphatic carboxylic acids is 1. The molecule has 2 amide bonds. The number of aryl methyl sites for hydroxylation is 1. The van der Waals surface area contributed by atoms with Crippen LogP contribution < -0.4 is 5.32 Å². The van der Waals surface area contributed by atoms with E-state index >= 15 is 0 Å². The van der Waals surface area contributed by atoms with Crippen molar-refractivity contribution in [1.82, 2.24) is 4.90 Å². The van der Waals surface area contributed by atoms with Gasteiger partial charge in [-0.3, -0.25) is 0 Å². The molecule has 0 aliphatic carbocycles. The average molecular weight is 254 g/mol. The zero-order chi connectivity index (χ0) is 13.9. The number of benzene rings is 1. The summed E-state index contributed by atoms with van der Waals surface area (Å²) in [5, 5.41) is 11.3. The summed E-state index contributed by atoms with van der Waals surface area (Å²) in [6.45, 7) is 2.98. The van der Waals surface area contributed by atoms with Gasteiger partial charge in [-0.05, 0) is 37.6 Å². The molecule has 0 bridgehead atoms. The molecule has 0 saturated heterocycles. The third kappa shape index (κ3) is 3.19. The number of amides is 2. The third-order valence-electron chi connectivity index (χ3n) is 2.67. The maximum atomic E-state index is 13.0. The third-order valence-corrected chi connectivity index (χ3v) is 2.67. The van der Waals surface area contributed by atoms with Crippen LogP contribution in [-0.4, -0.2) is 35.1 Å². The molecule has 0 spiro atoms. The number of carboxylic acids is 1. The second-order valence-corrected chi connectivity index (χ2v) is 4.02. The normalized spacial score (nSPS) is 11.8. The number of nitrogens with one attached hydrogen (secondary N) is 1. The van der Waals surface area contributed by atoms with Crippen molar-refractivity contribution in [2.45, 2.75) is 19.9 Å². The SMILES string of the molecule is Cc1cc(NC(=O)N(C)C(C)C(=O)O)ccc1F.